The van der Waals surface area contributed by atoms with E-state index in [4.69, 9.17) is 23.2 Å². The first-order valence-electron chi connectivity index (χ1n) is 9.67. The van der Waals surface area contributed by atoms with E-state index in [0.29, 0.717) is 10.0 Å². The second-order valence-electron chi connectivity index (χ2n) is 7.58. The van der Waals surface area contributed by atoms with E-state index >= 15 is 0 Å². The van der Waals surface area contributed by atoms with Crippen molar-refractivity contribution >= 4 is 34.8 Å². The number of amides is 1. The molecule has 0 aliphatic carbocycles. The predicted octanol–water partition coefficient (Wildman–Crippen LogP) is 4.69. The largest absolute Gasteiger partial charge is 0.326 e. The Labute approximate surface area is 177 Å². The van der Waals surface area contributed by atoms with E-state index < -0.39 is 0 Å². The summed E-state index contributed by atoms with van der Waals surface area (Å²) in [5, 5.41) is 4.20. The third kappa shape index (κ3) is 5.95. The fourth-order valence-electron chi connectivity index (χ4n) is 3.40. The maximum atomic E-state index is 12.5. The van der Waals surface area contributed by atoms with Crippen LogP contribution in [-0.4, -0.2) is 48.4 Å². The van der Waals surface area contributed by atoms with Crippen molar-refractivity contribution in [3.63, 3.8) is 0 Å². The standard InChI is InChI=1S/C22H27Cl2N3O/c1-16-3-6-19(7-4-16)25-22(28)17(2)14-26-9-11-27(12-10-26)15-18-5-8-20(23)21(24)13-18/h3-8,13,17H,9-12,14-15H2,1-2H3,(H,25,28)/t17-/m0/s1. The van der Waals surface area contributed by atoms with Crippen molar-refractivity contribution in [3.05, 3.63) is 63.6 Å². The molecule has 0 saturated carbocycles. The van der Waals surface area contributed by atoms with Crippen LogP contribution in [0.4, 0.5) is 5.69 Å². The minimum atomic E-state index is -0.0528. The van der Waals surface area contributed by atoms with Crippen molar-refractivity contribution < 1.29 is 4.79 Å². The minimum Gasteiger partial charge on any atom is -0.326 e. The summed E-state index contributed by atoms with van der Waals surface area (Å²) in [4.78, 5) is 17.2. The second-order valence-corrected chi connectivity index (χ2v) is 8.40. The van der Waals surface area contributed by atoms with Crippen molar-refractivity contribution in [2.75, 3.05) is 38.0 Å². The van der Waals surface area contributed by atoms with Crippen LogP contribution >= 0.6 is 23.2 Å². The average molecular weight is 420 g/mol. The molecular weight excluding hydrogens is 393 g/mol. The van der Waals surface area contributed by atoms with Crippen molar-refractivity contribution in [3.8, 4) is 0 Å². The van der Waals surface area contributed by atoms with Crippen LogP contribution in [0.2, 0.25) is 10.0 Å². The fourth-order valence-corrected chi connectivity index (χ4v) is 3.72. The average Bonchev–Trinajstić information content (AvgIpc) is 2.68. The Morgan fingerprint density at radius 2 is 1.64 bits per heavy atom. The lowest BCUT2D eigenvalue weighted by molar-refractivity contribution is -0.120. The number of hydrogen-bond acceptors (Lipinski definition) is 3. The van der Waals surface area contributed by atoms with Crippen LogP contribution in [0.25, 0.3) is 0 Å². The molecule has 2 aromatic carbocycles. The van der Waals surface area contributed by atoms with Gasteiger partial charge in [-0.25, -0.2) is 0 Å². The number of anilines is 1. The molecule has 0 spiro atoms. The molecule has 1 N–H and O–H groups in total. The summed E-state index contributed by atoms with van der Waals surface area (Å²) in [6, 6.07) is 13.7. The fraction of sp³-hybridized carbons (Fsp3) is 0.409. The number of nitrogens with zero attached hydrogens (tertiary/aromatic N) is 2. The molecule has 1 aliphatic rings. The van der Waals surface area contributed by atoms with Gasteiger partial charge in [0.2, 0.25) is 5.91 Å². The topological polar surface area (TPSA) is 35.6 Å². The Morgan fingerprint density at radius 3 is 2.29 bits per heavy atom. The molecule has 28 heavy (non-hydrogen) atoms. The van der Waals surface area contributed by atoms with Gasteiger partial charge in [0.05, 0.1) is 10.0 Å². The first-order valence-corrected chi connectivity index (χ1v) is 10.4. The van der Waals surface area contributed by atoms with Crippen LogP contribution in [0.5, 0.6) is 0 Å². The predicted molar refractivity (Wildman–Crippen MR) is 117 cm³/mol. The summed E-state index contributed by atoms with van der Waals surface area (Å²) in [5.41, 5.74) is 3.22. The van der Waals surface area contributed by atoms with Crippen LogP contribution in [0.15, 0.2) is 42.5 Å². The highest BCUT2D eigenvalue weighted by Gasteiger charge is 2.22. The van der Waals surface area contributed by atoms with Crippen molar-refractivity contribution in [1.82, 2.24) is 9.80 Å². The highest BCUT2D eigenvalue weighted by molar-refractivity contribution is 6.42. The number of benzene rings is 2. The number of rotatable bonds is 6. The molecule has 1 heterocycles. The Kier molecular flexibility index (Phi) is 7.36. The molecule has 3 rings (SSSR count). The van der Waals surface area contributed by atoms with Crippen LogP contribution in [0.3, 0.4) is 0 Å². The molecule has 6 heteroatoms. The smallest absolute Gasteiger partial charge is 0.228 e. The van der Waals surface area contributed by atoms with Gasteiger partial charge in [-0.2, -0.15) is 0 Å². The SMILES string of the molecule is Cc1ccc(NC(=O)[C@@H](C)CN2CCN(Cc3ccc(Cl)c(Cl)c3)CC2)cc1. The zero-order chi connectivity index (χ0) is 20.1. The molecule has 1 aliphatic heterocycles. The number of hydrogen-bond donors (Lipinski definition) is 1. The molecule has 0 bridgehead atoms. The molecule has 1 saturated heterocycles. The van der Waals surface area contributed by atoms with E-state index in [1.807, 2.05) is 56.3 Å². The van der Waals surface area contributed by atoms with Gasteiger partial charge in [0, 0.05) is 50.9 Å². The maximum Gasteiger partial charge on any atom is 0.228 e. The normalized spacial score (nSPS) is 16.7. The lowest BCUT2D eigenvalue weighted by Gasteiger charge is -2.35. The van der Waals surface area contributed by atoms with Crippen molar-refractivity contribution in [1.29, 1.82) is 0 Å². The molecule has 1 atom stereocenters. The number of carbonyl (C=O) groups is 1. The van der Waals surface area contributed by atoms with Gasteiger partial charge in [0.1, 0.15) is 0 Å². The summed E-state index contributed by atoms with van der Waals surface area (Å²) >= 11 is 12.1. The Morgan fingerprint density at radius 1 is 1.00 bits per heavy atom. The first kappa shape index (κ1) is 21.1. The van der Waals surface area contributed by atoms with E-state index in [0.717, 1.165) is 45.0 Å². The van der Waals surface area contributed by atoms with Gasteiger partial charge in [0.25, 0.3) is 0 Å². The Hall–Kier alpha value is -1.59. The lowest BCUT2D eigenvalue weighted by atomic mass is 10.1. The third-order valence-electron chi connectivity index (χ3n) is 5.15. The van der Waals surface area contributed by atoms with E-state index in [1.165, 1.54) is 11.1 Å². The van der Waals surface area contributed by atoms with E-state index in [1.54, 1.807) is 0 Å². The summed E-state index contributed by atoms with van der Waals surface area (Å²) in [6.07, 6.45) is 0. The van der Waals surface area contributed by atoms with Crippen LogP contribution in [-0.2, 0) is 11.3 Å². The molecular formula is C22H27Cl2N3O. The summed E-state index contributed by atoms with van der Waals surface area (Å²) < 4.78 is 0. The van der Waals surface area contributed by atoms with E-state index in [2.05, 4.69) is 15.1 Å². The monoisotopic (exact) mass is 419 g/mol. The summed E-state index contributed by atoms with van der Waals surface area (Å²) in [6.45, 7) is 9.56. The molecule has 1 fully saturated rings. The zero-order valence-electron chi connectivity index (χ0n) is 16.4. The minimum absolute atomic E-state index is 0.0528. The Balaban J connectivity index is 1.43. The highest BCUT2D eigenvalue weighted by atomic mass is 35.5. The third-order valence-corrected chi connectivity index (χ3v) is 5.89. The van der Waals surface area contributed by atoms with Crippen LogP contribution < -0.4 is 5.32 Å². The molecule has 1 amide bonds. The van der Waals surface area contributed by atoms with Crippen molar-refractivity contribution in [2.45, 2.75) is 20.4 Å². The van der Waals surface area contributed by atoms with Gasteiger partial charge in [-0.1, -0.05) is 53.9 Å². The quantitative estimate of drug-likeness (QED) is 0.736. The number of halogens is 2. The van der Waals surface area contributed by atoms with Crippen LogP contribution in [0, 0.1) is 12.8 Å². The molecule has 0 radical (unpaired) electrons. The number of nitrogens with one attached hydrogen (secondary N) is 1. The van der Waals surface area contributed by atoms with Gasteiger partial charge in [-0.3, -0.25) is 9.69 Å². The first-order chi connectivity index (χ1) is 13.4. The molecule has 0 aromatic heterocycles. The highest BCUT2D eigenvalue weighted by Crippen LogP contribution is 2.23. The molecule has 0 unspecified atom stereocenters. The molecule has 2 aromatic rings. The van der Waals surface area contributed by atoms with Gasteiger partial charge in [-0.15, -0.1) is 0 Å². The number of carbonyl (C=O) groups excluding carboxylic acids is 1. The van der Waals surface area contributed by atoms with E-state index in [9.17, 15) is 4.79 Å². The van der Waals surface area contributed by atoms with Gasteiger partial charge >= 0.3 is 0 Å². The van der Waals surface area contributed by atoms with Gasteiger partial charge in [0.15, 0.2) is 0 Å². The number of aryl methyl sites for hydroxylation is 1. The zero-order valence-corrected chi connectivity index (χ0v) is 17.9. The second kappa shape index (κ2) is 9.75. The van der Waals surface area contributed by atoms with Gasteiger partial charge < -0.3 is 10.2 Å². The van der Waals surface area contributed by atoms with Crippen LogP contribution in [0.1, 0.15) is 18.1 Å². The molecule has 4 nitrogen and oxygen atoms in total. The van der Waals surface area contributed by atoms with E-state index in [-0.39, 0.29) is 11.8 Å². The maximum absolute atomic E-state index is 12.5. The van der Waals surface area contributed by atoms with Crippen molar-refractivity contribution in [2.24, 2.45) is 5.92 Å². The lowest BCUT2D eigenvalue weighted by Crippen LogP contribution is -2.48. The summed E-state index contributed by atoms with van der Waals surface area (Å²) in [5.74, 6) is 0.0185. The van der Waals surface area contributed by atoms with Gasteiger partial charge in [-0.05, 0) is 36.8 Å². The number of piperazine rings is 1. The molecule has 150 valence electrons. The summed E-state index contributed by atoms with van der Waals surface area (Å²) in [7, 11) is 0. The Bertz CT molecular complexity index is 802.